The van der Waals surface area contributed by atoms with Crippen molar-refractivity contribution in [1.82, 2.24) is 5.16 Å². The van der Waals surface area contributed by atoms with Gasteiger partial charge in [0.25, 0.3) is 0 Å². The summed E-state index contributed by atoms with van der Waals surface area (Å²) in [4.78, 5) is 11.1. The molecule has 2 aromatic rings. The first-order chi connectivity index (χ1) is 9.62. The summed E-state index contributed by atoms with van der Waals surface area (Å²) >= 11 is 0. The Hall–Kier alpha value is -2.50. The monoisotopic (exact) mass is 277 g/mol. The topological polar surface area (TPSA) is 81.8 Å². The maximum absolute atomic E-state index is 11.1. The second-order valence-corrected chi connectivity index (χ2v) is 4.07. The van der Waals surface area contributed by atoms with Crippen molar-refractivity contribution in [3.63, 3.8) is 0 Å². The maximum atomic E-state index is 11.1. The van der Waals surface area contributed by atoms with Crippen LogP contribution in [0.4, 0.5) is 0 Å². The van der Waals surface area contributed by atoms with E-state index in [1.54, 1.807) is 25.3 Å². The van der Waals surface area contributed by atoms with Crippen LogP contribution in [-0.4, -0.2) is 30.5 Å². The van der Waals surface area contributed by atoms with Crippen LogP contribution in [0.3, 0.4) is 0 Å². The minimum absolute atomic E-state index is 0.128. The highest BCUT2D eigenvalue weighted by molar-refractivity contribution is 5.88. The fraction of sp³-hybridized carbons (Fsp3) is 0.286. The molecule has 0 bridgehead atoms. The van der Waals surface area contributed by atoms with Crippen LogP contribution in [0.2, 0.25) is 0 Å². The molecule has 0 aliphatic heterocycles. The number of aromatic carboxylic acids is 1. The maximum Gasteiger partial charge on any atom is 0.375 e. The third-order valence-electron chi connectivity index (χ3n) is 2.99. The standard InChI is InChI=1S/C14H15NO5/c1-4-9-12(15-20-13(9)14(16)17)8-5-6-10(18-2)11(7-8)19-3/h5-7H,4H2,1-3H3,(H,16,17). The second kappa shape index (κ2) is 5.64. The first kappa shape index (κ1) is 13.9. The summed E-state index contributed by atoms with van der Waals surface area (Å²) in [5.74, 6) is -0.110. The van der Waals surface area contributed by atoms with Gasteiger partial charge >= 0.3 is 5.97 Å². The quantitative estimate of drug-likeness (QED) is 0.904. The van der Waals surface area contributed by atoms with E-state index in [1.165, 1.54) is 7.11 Å². The van der Waals surface area contributed by atoms with Gasteiger partial charge in [-0.3, -0.25) is 0 Å². The number of carboxylic acid groups (broad SMARTS) is 1. The number of benzene rings is 1. The fourth-order valence-electron chi connectivity index (χ4n) is 2.02. The van der Waals surface area contributed by atoms with E-state index < -0.39 is 5.97 Å². The van der Waals surface area contributed by atoms with Crippen molar-refractivity contribution in [2.45, 2.75) is 13.3 Å². The van der Waals surface area contributed by atoms with Crippen LogP contribution in [0.15, 0.2) is 22.7 Å². The summed E-state index contributed by atoms with van der Waals surface area (Å²) in [5, 5.41) is 12.9. The first-order valence-corrected chi connectivity index (χ1v) is 6.06. The van der Waals surface area contributed by atoms with Crippen LogP contribution in [0, 0.1) is 0 Å². The van der Waals surface area contributed by atoms with Gasteiger partial charge in [0.15, 0.2) is 11.5 Å². The molecule has 0 unspecified atom stereocenters. The lowest BCUT2D eigenvalue weighted by Gasteiger charge is -2.08. The van der Waals surface area contributed by atoms with Gasteiger partial charge in [0, 0.05) is 11.1 Å². The molecule has 20 heavy (non-hydrogen) atoms. The van der Waals surface area contributed by atoms with Crippen LogP contribution in [0.1, 0.15) is 23.0 Å². The number of hydrogen-bond acceptors (Lipinski definition) is 5. The largest absolute Gasteiger partial charge is 0.493 e. The molecule has 0 atom stereocenters. The molecular formula is C14H15NO5. The molecule has 6 heteroatoms. The van der Waals surface area contributed by atoms with E-state index in [1.807, 2.05) is 6.92 Å². The average Bonchev–Trinajstić information content (AvgIpc) is 2.90. The van der Waals surface area contributed by atoms with Crippen molar-refractivity contribution in [3.05, 3.63) is 29.5 Å². The molecule has 1 heterocycles. The summed E-state index contributed by atoms with van der Waals surface area (Å²) in [6.07, 6.45) is 0.509. The minimum atomic E-state index is -1.12. The Morgan fingerprint density at radius 2 is 2.00 bits per heavy atom. The summed E-state index contributed by atoms with van der Waals surface area (Å²) < 4.78 is 15.3. The highest BCUT2D eigenvalue weighted by Gasteiger charge is 2.21. The van der Waals surface area contributed by atoms with E-state index in [0.717, 1.165) is 5.56 Å². The van der Waals surface area contributed by atoms with Gasteiger partial charge in [-0.05, 0) is 24.6 Å². The molecule has 0 saturated carbocycles. The third kappa shape index (κ3) is 2.32. The zero-order chi connectivity index (χ0) is 14.7. The van der Waals surface area contributed by atoms with Gasteiger partial charge in [0.1, 0.15) is 5.69 Å². The van der Waals surface area contributed by atoms with Gasteiger partial charge in [0.2, 0.25) is 5.76 Å². The average molecular weight is 277 g/mol. The van der Waals surface area contributed by atoms with Crippen molar-refractivity contribution < 1.29 is 23.9 Å². The Bertz CT molecular complexity index is 632. The molecule has 106 valence electrons. The number of methoxy groups -OCH3 is 2. The van der Waals surface area contributed by atoms with Crippen LogP contribution >= 0.6 is 0 Å². The predicted molar refractivity (Wildman–Crippen MR) is 71.4 cm³/mol. The molecule has 0 saturated heterocycles. The molecule has 1 aromatic carbocycles. The summed E-state index contributed by atoms with van der Waals surface area (Å²) in [6.45, 7) is 1.85. The summed E-state index contributed by atoms with van der Waals surface area (Å²) in [5.41, 5.74) is 1.78. The highest BCUT2D eigenvalue weighted by Crippen LogP contribution is 2.34. The molecule has 6 nitrogen and oxygen atoms in total. The molecule has 0 aliphatic rings. The van der Waals surface area contributed by atoms with E-state index in [4.69, 9.17) is 19.1 Å². The number of nitrogens with zero attached hydrogens (tertiary/aromatic N) is 1. The summed E-state index contributed by atoms with van der Waals surface area (Å²) in [7, 11) is 3.08. The van der Waals surface area contributed by atoms with Crippen LogP contribution in [0.25, 0.3) is 11.3 Å². The molecule has 0 radical (unpaired) electrons. The van der Waals surface area contributed by atoms with E-state index in [2.05, 4.69) is 5.16 Å². The van der Waals surface area contributed by atoms with E-state index in [-0.39, 0.29) is 5.76 Å². The number of aromatic nitrogens is 1. The molecule has 2 rings (SSSR count). The molecule has 0 spiro atoms. The van der Waals surface area contributed by atoms with E-state index in [9.17, 15) is 4.79 Å². The Kier molecular flexibility index (Phi) is 3.93. The Morgan fingerprint density at radius 1 is 1.30 bits per heavy atom. The summed E-state index contributed by atoms with van der Waals surface area (Å²) in [6, 6.07) is 5.26. The highest BCUT2D eigenvalue weighted by atomic mass is 16.5. The second-order valence-electron chi connectivity index (χ2n) is 4.07. The molecule has 0 fully saturated rings. The van der Waals surface area contributed by atoms with Crippen molar-refractivity contribution in [2.24, 2.45) is 0 Å². The van der Waals surface area contributed by atoms with Gasteiger partial charge < -0.3 is 19.1 Å². The normalized spacial score (nSPS) is 10.3. The number of hydrogen-bond donors (Lipinski definition) is 1. The van der Waals surface area contributed by atoms with Gasteiger partial charge in [-0.1, -0.05) is 12.1 Å². The lowest BCUT2D eigenvalue weighted by atomic mass is 10.0. The minimum Gasteiger partial charge on any atom is -0.493 e. The lowest BCUT2D eigenvalue weighted by Crippen LogP contribution is -1.98. The van der Waals surface area contributed by atoms with Crippen molar-refractivity contribution in [2.75, 3.05) is 14.2 Å². The van der Waals surface area contributed by atoms with Crippen LogP contribution in [-0.2, 0) is 6.42 Å². The van der Waals surface area contributed by atoms with Crippen LogP contribution < -0.4 is 9.47 Å². The number of carbonyl (C=O) groups is 1. The Balaban J connectivity index is 2.54. The first-order valence-electron chi connectivity index (χ1n) is 6.06. The van der Waals surface area contributed by atoms with Crippen molar-refractivity contribution >= 4 is 5.97 Å². The molecule has 0 amide bonds. The third-order valence-corrected chi connectivity index (χ3v) is 2.99. The molecule has 1 aromatic heterocycles. The van der Waals surface area contributed by atoms with Gasteiger partial charge in [-0.2, -0.15) is 0 Å². The van der Waals surface area contributed by atoms with Crippen LogP contribution in [0.5, 0.6) is 11.5 Å². The predicted octanol–water partition coefficient (Wildman–Crippen LogP) is 2.62. The number of ether oxygens (including phenoxy) is 2. The molecule has 1 N–H and O–H groups in total. The zero-order valence-electron chi connectivity index (χ0n) is 11.5. The Morgan fingerprint density at radius 3 is 2.55 bits per heavy atom. The lowest BCUT2D eigenvalue weighted by molar-refractivity contribution is 0.0650. The molecular weight excluding hydrogens is 262 g/mol. The van der Waals surface area contributed by atoms with E-state index >= 15 is 0 Å². The zero-order valence-corrected chi connectivity index (χ0v) is 11.5. The fourth-order valence-corrected chi connectivity index (χ4v) is 2.02. The van der Waals surface area contributed by atoms with Crippen molar-refractivity contribution in [1.29, 1.82) is 0 Å². The van der Waals surface area contributed by atoms with E-state index in [0.29, 0.717) is 29.2 Å². The van der Waals surface area contributed by atoms with Gasteiger partial charge in [-0.15, -0.1) is 0 Å². The SMILES string of the molecule is CCc1c(-c2ccc(OC)c(OC)c2)noc1C(=O)O. The Labute approximate surface area is 115 Å². The number of carboxylic acids is 1. The smallest absolute Gasteiger partial charge is 0.375 e. The van der Waals surface area contributed by atoms with Crippen molar-refractivity contribution in [3.8, 4) is 22.8 Å². The molecule has 0 aliphatic carbocycles. The van der Waals surface area contributed by atoms with Gasteiger partial charge in [0.05, 0.1) is 14.2 Å². The van der Waals surface area contributed by atoms with Gasteiger partial charge in [-0.25, -0.2) is 4.79 Å². The number of rotatable bonds is 5.